The van der Waals surface area contributed by atoms with Crippen LogP contribution in [0, 0.1) is 0 Å². The first kappa shape index (κ1) is 10.0. The molecule has 0 radical (unpaired) electrons. The van der Waals surface area contributed by atoms with Crippen molar-refractivity contribution in [3.05, 3.63) is 29.3 Å². The van der Waals surface area contributed by atoms with Crippen molar-refractivity contribution < 1.29 is 4.79 Å². The van der Waals surface area contributed by atoms with Gasteiger partial charge < -0.3 is 10.6 Å². The maximum atomic E-state index is 11.1. The summed E-state index contributed by atoms with van der Waals surface area (Å²) in [6.07, 6.45) is 2.35. The third-order valence-electron chi connectivity index (χ3n) is 3.01. The highest BCUT2D eigenvalue weighted by molar-refractivity contribution is 5.89. The van der Waals surface area contributed by atoms with Crippen LogP contribution in [0.15, 0.2) is 18.2 Å². The average molecular weight is 204 g/mol. The molecule has 15 heavy (non-hydrogen) atoms. The van der Waals surface area contributed by atoms with E-state index in [1.54, 1.807) is 7.05 Å². The summed E-state index contributed by atoms with van der Waals surface area (Å²) in [5, 5.41) is 5.33. The van der Waals surface area contributed by atoms with Crippen molar-refractivity contribution in [2.45, 2.75) is 25.7 Å². The van der Waals surface area contributed by atoms with E-state index in [-0.39, 0.29) is 6.03 Å². The Morgan fingerprint density at radius 3 is 3.00 bits per heavy atom. The summed E-state index contributed by atoms with van der Waals surface area (Å²) in [5.74, 6) is 0.661. The molecule has 0 heterocycles. The van der Waals surface area contributed by atoms with Crippen molar-refractivity contribution in [1.82, 2.24) is 5.32 Å². The van der Waals surface area contributed by atoms with E-state index in [4.69, 9.17) is 0 Å². The lowest BCUT2D eigenvalue weighted by molar-refractivity contribution is 0.254. The van der Waals surface area contributed by atoms with Crippen LogP contribution in [0.25, 0.3) is 0 Å². The molecular weight excluding hydrogens is 188 g/mol. The van der Waals surface area contributed by atoms with E-state index in [1.807, 2.05) is 6.07 Å². The molecule has 1 aromatic rings. The maximum Gasteiger partial charge on any atom is 0.318 e. The van der Waals surface area contributed by atoms with Gasteiger partial charge in [-0.05, 0) is 42.0 Å². The highest BCUT2D eigenvalue weighted by Crippen LogP contribution is 2.33. The van der Waals surface area contributed by atoms with Gasteiger partial charge in [-0.3, -0.25) is 0 Å². The van der Waals surface area contributed by atoms with Crippen LogP contribution in [-0.2, 0) is 6.42 Å². The van der Waals surface area contributed by atoms with E-state index >= 15 is 0 Å². The molecule has 0 bridgehead atoms. The Hall–Kier alpha value is -1.51. The Bertz CT molecular complexity index is 387. The molecule has 2 N–H and O–H groups in total. The second-order valence-corrected chi connectivity index (χ2v) is 4.06. The fourth-order valence-corrected chi connectivity index (χ4v) is 2.10. The molecule has 0 aliphatic heterocycles. The molecule has 2 rings (SSSR count). The number of hydrogen-bond donors (Lipinski definition) is 2. The fourth-order valence-electron chi connectivity index (χ4n) is 2.10. The molecule has 3 heteroatoms. The predicted molar refractivity (Wildman–Crippen MR) is 61.3 cm³/mol. The number of carbonyl (C=O) groups excluding carboxylic acids is 1. The summed E-state index contributed by atoms with van der Waals surface area (Å²) >= 11 is 0. The molecule has 0 spiro atoms. The third-order valence-corrected chi connectivity index (χ3v) is 3.01. The topological polar surface area (TPSA) is 41.1 Å². The van der Waals surface area contributed by atoms with Crippen LogP contribution in [0.4, 0.5) is 10.5 Å². The van der Waals surface area contributed by atoms with Crippen LogP contribution in [-0.4, -0.2) is 13.1 Å². The number of benzene rings is 1. The number of aryl methyl sites for hydroxylation is 1. The smallest absolute Gasteiger partial charge is 0.318 e. The SMILES string of the molecule is CNC(=O)Nc1ccc2c(c1)CC[C@@H]2C. The number of rotatable bonds is 1. The van der Waals surface area contributed by atoms with E-state index in [0.29, 0.717) is 5.92 Å². The van der Waals surface area contributed by atoms with Crippen LogP contribution < -0.4 is 10.6 Å². The van der Waals surface area contributed by atoms with E-state index < -0.39 is 0 Å². The zero-order valence-corrected chi connectivity index (χ0v) is 9.13. The second kappa shape index (κ2) is 3.93. The van der Waals surface area contributed by atoms with Gasteiger partial charge in [0.1, 0.15) is 0 Å². The molecule has 1 aliphatic carbocycles. The van der Waals surface area contributed by atoms with Crippen molar-refractivity contribution in [1.29, 1.82) is 0 Å². The van der Waals surface area contributed by atoms with Crippen LogP contribution >= 0.6 is 0 Å². The van der Waals surface area contributed by atoms with Gasteiger partial charge in [0, 0.05) is 12.7 Å². The van der Waals surface area contributed by atoms with Gasteiger partial charge in [-0.25, -0.2) is 4.79 Å². The van der Waals surface area contributed by atoms with Gasteiger partial charge in [0.25, 0.3) is 0 Å². The van der Waals surface area contributed by atoms with Gasteiger partial charge in [0.2, 0.25) is 0 Å². The molecule has 0 unspecified atom stereocenters. The van der Waals surface area contributed by atoms with Gasteiger partial charge in [0.05, 0.1) is 0 Å². The molecule has 1 atom stereocenters. The normalized spacial score (nSPS) is 18.4. The number of nitrogens with one attached hydrogen (secondary N) is 2. The van der Waals surface area contributed by atoms with Crippen molar-refractivity contribution in [3.8, 4) is 0 Å². The Morgan fingerprint density at radius 2 is 2.27 bits per heavy atom. The Balaban J connectivity index is 2.19. The molecule has 1 aliphatic rings. The van der Waals surface area contributed by atoms with Crippen LogP contribution in [0.5, 0.6) is 0 Å². The molecule has 1 aromatic carbocycles. The minimum absolute atomic E-state index is 0.166. The molecule has 3 nitrogen and oxygen atoms in total. The number of carbonyl (C=O) groups is 1. The van der Waals surface area contributed by atoms with Crippen molar-refractivity contribution in [2.75, 3.05) is 12.4 Å². The number of anilines is 1. The van der Waals surface area contributed by atoms with Crippen molar-refractivity contribution in [3.63, 3.8) is 0 Å². The molecule has 0 aromatic heterocycles. The molecule has 0 saturated carbocycles. The van der Waals surface area contributed by atoms with Gasteiger partial charge in [-0.1, -0.05) is 13.0 Å². The Kier molecular flexibility index (Phi) is 2.62. The van der Waals surface area contributed by atoms with Crippen LogP contribution in [0.1, 0.15) is 30.4 Å². The molecule has 0 fully saturated rings. The summed E-state index contributed by atoms with van der Waals surface area (Å²) < 4.78 is 0. The molecule has 2 amide bonds. The summed E-state index contributed by atoms with van der Waals surface area (Å²) in [7, 11) is 1.62. The molecule has 0 saturated heterocycles. The third kappa shape index (κ3) is 1.96. The largest absolute Gasteiger partial charge is 0.341 e. The monoisotopic (exact) mass is 204 g/mol. The summed E-state index contributed by atoms with van der Waals surface area (Å²) in [4.78, 5) is 11.1. The fraction of sp³-hybridized carbons (Fsp3) is 0.417. The van der Waals surface area contributed by atoms with Gasteiger partial charge in [-0.15, -0.1) is 0 Å². The number of fused-ring (bicyclic) bond motifs is 1. The minimum Gasteiger partial charge on any atom is -0.341 e. The lowest BCUT2D eigenvalue weighted by atomic mass is 10.0. The van der Waals surface area contributed by atoms with E-state index in [1.165, 1.54) is 17.5 Å². The van der Waals surface area contributed by atoms with Gasteiger partial charge >= 0.3 is 6.03 Å². The second-order valence-electron chi connectivity index (χ2n) is 4.06. The highest BCUT2D eigenvalue weighted by Gasteiger charge is 2.18. The molecule has 80 valence electrons. The summed E-state index contributed by atoms with van der Waals surface area (Å²) in [6.45, 7) is 2.25. The Morgan fingerprint density at radius 1 is 1.47 bits per heavy atom. The summed E-state index contributed by atoms with van der Waals surface area (Å²) in [5.41, 5.74) is 3.68. The number of urea groups is 1. The van der Waals surface area contributed by atoms with Crippen LogP contribution in [0.2, 0.25) is 0 Å². The van der Waals surface area contributed by atoms with Crippen molar-refractivity contribution >= 4 is 11.7 Å². The zero-order chi connectivity index (χ0) is 10.8. The first-order valence-corrected chi connectivity index (χ1v) is 5.32. The predicted octanol–water partition coefficient (Wildman–Crippen LogP) is 2.49. The lowest BCUT2D eigenvalue weighted by Gasteiger charge is -2.08. The maximum absolute atomic E-state index is 11.1. The van der Waals surface area contributed by atoms with Crippen LogP contribution in [0.3, 0.4) is 0 Å². The average Bonchev–Trinajstić information content (AvgIpc) is 2.60. The van der Waals surface area contributed by atoms with Crippen molar-refractivity contribution in [2.24, 2.45) is 0 Å². The van der Waals surface area contributed by atoms with E-state index in [2.05, 4.69) is 29.7 Å². The minimum atomic E-state index is -0.166. The van der Waals surface area contributed by atoms with Gasteiger partial charge in [0.15, 0.2) is 0 Å². The lowest BCUT2D eigenvalue weighted by Crippen LogP contribution is -2.24. The highest BCUT2D eigenvalue weighted by atomic mass is 16.2. The quantitative estimate of drug-likeness (QED) is 0.725. The Labute approximate surface area is 89.9 Å². The van der Waals surface area contributed by atoms with E-state index in [0.717, 1.165) is 12.1 Å². The zero-order valence-electron chi connectivity index (χ0n) is 9.13. The number of amides is 2. The van der Waals surface area contributed by atoms with E-state index in [9.17, 15) is 4.79 Å². The van der Waals surface area contributed by atoms with Gasteiger partial charge in [-0.2, -0.15) is 0 Å². The standard InChI is InChI=1S/C12H16N2O/c1-8-3-4-9-7-10(5-6-11(8)9)14-12(15)13-2/h5-8H,3-4H2,1-2H3,(H2,13,14,15)/t8-/m0/s1. The molecular formula is C12H16N2O. The summed E-state index contributed by atoms with van der Waals surface area (Å²) in [6, 6.07) is 6.00. The number of hydrogen-bond acceptors (Lipinski definition) is 1. The first-order chi connectivity index (χ1) is 7.20. The first-order valence-electron chi connectivity index (χ1n) is 5.32.